The molecule has 0 radical (unpaired) electrons. The summed E-state index contributed by atoms with van der Waals surface area (Å²) in [4.78, 5) is 0. The molecule has 0 unspecified atom stereocenters. The summed E-state index contributed by atoms with van der Waals surface area (Å²) >= 11 is 0. The van der Waals surface area contributed by atoms with Crippen molar-refractivity contribution in [2.24, 2.45) is 0 Å². The van der Waals surface area contributed by atoms with E-state index in [0.717, 1.165) is 24.0 Å². The molecule has 4 rings (SSSR count). The maximum Gasteiger partial charge on any atom is 0.194 e. The van der Waals surface area contributed by atoms with Crippen LogP contribution in [0.25, 0.3) is 33.6 Å². The van der Waals surface area contributed by atoms with E-state index < -0.39 is 34.7 Å². The topological polar surface area (TPSA) is 0 Å². The van der Waals surface area contributed by atoms with Crippen molar-refractivity contribution < 1.29 is 22.0 Å². The predicted molar refractivity (Wildman–Crippen MR) is 119 cm³/mol. The molecule has 0 heterocycles. The van der Waals surface area contributed by atoms with Crippen LogP contribution in [0, 0.1) is 17.5 Å². The molecule has 4 aromatic carbocycles. The fourth-order valence-corrected chi connectivity index (χ4v) is 3.81. The Morgan fingerprint density at radius 3 is 1.97 bits per heavy atom. The Balaban J connectivity index is 1.84. The molecule has 0 aliphatic rings. The molecule has 5 heteroatoms. The van der Waals surface area contributed by atoms with E-state index in [9.17, 15) is 17.6 Å². The number of hydrogen-bond donors (Lipinski definition) is 0. The van der Waals surface area contributed by atoms with E-state index in [2.05, 4.69) is 6.92 Å². The quantitative estimate of drug-likeness (QED) is 0.166. The molecule has 0 bridgehead atoms. The smallest absolute Gasteiger partial charge is 0.194 e. The van der Waals surface area contributed by atoms with E-state index in [-0.39, 0.29) is 5.56 Å². The summed E-state index contributed by atoms with van der Waals surface area (Å²) < 4.78 is 70.2. The van der Waals surface area contributed by atoms with E-state index in [4.69, 9.17) is 0 Å². The molecule has 0 amide bonds. The van der Waals surface area contributed by atoms with Gasteiger partial charge in [0.25, 0.3) is 0 Å². The standard InChI is InChI=1S/C27H19F5/c1-2-5-16-8-10-17(11-9-16)19-12-13-22(21-7-4-3-6-20(19)21)26(31)25(30)18-14-23(28)27(32)24(29)15-18/h3-4,6-15H,2,5H2,1H3/b26-25+. The molecule has 0 fully saturated rings. The third-order valence-corrected chi connectivity index (χ3v) is 5.39. The maximum absolute atomic E-state index is 15.1. The molecule has 0 aromatic heterocycles. The van der Waals surface area contributed by atoms with E-state index in [1.54, 1.807) is 30.3 Å². The van der Waals surface area contributed by atoms with Crippen molar-refractivity contribution in [1.82, 2.24) is 0 Å². The highest BCUT2D eigenvalue weighted by Gasteiger charge is 2.19. The molecule has 0 spiro atoms. The monoisotopic (exact) mass is 438 g/mol. The highest BCUT2D eigenvalue weighted by atomic mass is 19.2. The third-order valence-electron chi connectivity index (χ3n) is 5.39. The number of halogens is 5. The number of rotatable bonds is 5. The number of benzene rings is 4. The van der Waals surface area contributed by atoms with Gasteiger partial charge in [0.05, 0.1) is 0 Å². The van der Waals surface area contributed by atoms with Gasteiger partial charge in [0.15, 0.2) is 29.1 Å². The molecule has 32 heavy (non-hydrogen) atoms. The van der Waals surface area contributed by atoms with Crippen LogP contribution in [-0.4, -0.2) is 0 Å². The van der Waals surface area contributed by atoms with Crippen LogP contribution in [-0.2, 0) is 6.42 Å². The summed E-state index contributed by atoms with van der Waals surface area (Å²) in [5.41, 5.74) is 2.22. The van der Waals surface area contributed by atoms with Gasteiger partial charge in [-0.05, 0) is 46.0 Å². The first-order valence-electron chi connectivity index (χ1n) is 10.2. The van der Waals surface area contributed by atoms with Crippen LogP contribution < -0.4 is 0 Å². The maximum atomic E-state index is 15.1. The second-order valence-electron chi connectivity index (χ2n) is 7.54. The molecule has 0 saturated heterocycles. The first kappa shape index (κ1) is 21.8. The van der Waals surface area contributed by atoms with Crippen LogP contribution >= 0.6 is 0 Å². The van der Waals surface area contributed by atoms with E-state index in [1.807, 2.05) is 24.3 Å². The Kier molecular flexibility index (Phi) is 6.08. The van der Waals surface area contributed by atoms with E-state index >= 15 is 4.39 Å². The Hall–Kier alpha value is -3.47. The molecular weight excluding hydrogens is 419 g/mol. The summed E-state index contributed by atoms with van der Waals surface area (Å²) in [5, 5.41) is 1.14. The summed E-state index contributed by atoms with van der Waals surface area (Å²) in [6, 6.07) is 19.0. The van der Waals surface area contributed by atoms with Crippen molar-refractivity contribution in [3.05, 3.63) is 107 Å². The second-order valence-corrected chi connectivity index (χ2v) is 7.54. The summed E-state index contributed by atoms with van der Waals surface area (Å²) in [7, 11) is 0. The van der Waals surface area contributed by atoms with Crippen molar-refractivity contribution in [1.29, 1.82) is 0 Å². The van der Waals surface area contributed by atoms with Gasteiger partial charge >= 0.3 is 0 Å². The Labute approximate surface area is 182 Å². The van der Waals surface area contributed by atoms with Gasteiger partial charge in [-0.1, -0.05) is 74.0 Å². The molecule has 0 atom stereocenters. The first-order chi connectivity index (χ1) is 15.4. The highest BCUT2D eigenvalue weighted by Crippen LogP contribution is 2.37. The van der Waals surface area contributed by atoms with Crippen LogP contribution in [0.15, 0.2) is 72.8 Å². The Morgan fingerprint density at radius 1 is 0.719 bits per heavy atom. The van der Waals surface area contributed by atoms with Crippen LogP contribution in [0.3, 0.4) is 0 Å². The molecule has 0 nitrogen and oxygen atoms in total. The summed E-state index contributed by atoms with van der Waals surface area (Å²) in [6.07, 6.45) is 2.01. The lowest BCUT2D eigenvalue weighted by Crippen LogP contribution is -1.94. The highest BCUT2D eigenvalue weighted by molar-refractivity contribution is 6.04. The Morgan fingerprint density at radius 2 is 1.34 bits per heavy atom. The zero-order chi connectivity index (χ0) is 22.8. The summed E-state index contributed by atoms with van der Waals surface area (Å²) in [5.74, 6) is -7.66. The predicted octanol–water partition coefficient (Wildman–Crippen LogP) is 8.64. The van der Waals surface area contributed by atoms with E-state index in [1.165, 1.54) is 11.6 Å². The zero-order valence-electron chi connectivity index (χ0n) is 17.2. The van der Waals surface area contributed by atoms with Gasteiger partial charge in [0.1, 0.15) is 0 Å². The number of hydrogen-bond acceptors (Lipinski definition) is 0. The normalized spacial score (nSPS) is 12.2. The van der Waals surface area contributed by atoms with Crippen molar-refractivity contribution in [3.63, 3.8) is 0 Å². The molecule has 0 saturated carbocycles. The summed E-state index contributed by atoms with van der Waals surface area (Å²) in [6.45, 7) is 2.11. The van der Waals surface area contributed by atoms with Gasteiger partial charge in [-0.2, -0.15) is 0 Å². The largest absolute Gasteiger partial charge is 0.204 e. The third kappa shape index (κ3) is 4.03. The first-order valence-corrected chi connectivity index (χ1v) is 10.2. The van der Waals surface area contributed by atoms with Crippen LogP contribution in [0.1, 0.15) is 30.0 Å². The van der Waals surface area contributed by atoms with Gasteiger partial charge in [0.2, 0.25) is 0 Å². The number of aryl methyl sites for hydroxylation is 1. The molecule has 162 valence electrons. The lowest BCUT2D eigenvalue weighted by Gasteiger charge is -2.12. The minimum Gasteiger partial charge on any atom is -0.204 e. The zero-order valence-corrected chi connectivity index (χ0v) is 17.2. The molecule has 4 aromatic rings. The lowest BCUT2D eigenvalue weighted by molar-refractivity contribution is 0.446. The fourth-order valence-electron chi connectivity index (χ4n) is 3.81. The van der Waals surface area contributed by atoms with E-state index in [0.29, 0.717) is 22.9 Å². The lowest BCUT2D eigenvalue weighted by atomic mass is 9.93. The molecule has 0 aliphatic heterocycles. The fraction of sp³-hybridized carbons (Fsp3) is 0.111. The van der Waals surface area contributed by atoms with Crippen LogP contribution in [0.2, 0.25) is 0 Å². The van der Waals surface area contributed by atoms with Crippen molar-refractivity contribution in [2.45, 2.75) is 19.8 Å². The Bertz CT molecular complexity index is 1300. The van der Waals surface area contributed by atoms with Gasteiger partial charge in [-0.3, -0.25) is 0 Å². The van der Waals surface area contributed by atoms with Gasteiger partial charge in [-0.25, -0.2) is 22.0 Å². The second kappa shape index (κ2) is 8.95. The van der Waals surface area contributed by atoms with Crippen molar-refractivity contribution in [3.8, 4) is 11.1 Å². The minimum atomic E-state index is -1.73. The van der Waals surface area contributed by atoms with Crippen molar-refractivity contribution >= 4 is 22.4 Å². The van der Waals surface area contributed by atoms with Gasteiger partial charge in [-0.15, -0.1) is 0 Å². The van der Waals surface area contributed by atoms with Crippen LogP contribution in [0.5, 0.6) is 0 Å². The van der Waals surface area contributed by atoms with Crippen LogP contribution in [0.4, 0.5) is 22.0 Å². The average Bonchev–Trinajstić information content (AvgIpc) is 2.81. The average molecular weight is 438 g/mol. The minimum absolute atomic E-state index is 0.0606. The van der Waals surface area contributed by atoms with Gasteiger partial charge in [0, 0.05) is 11.1 Å². The SMILES string of the molecule is CCCc1ccc(-c2ccc(/C(F)=C(\F)c3cc(F)c(F)c(F)c3)c3ccccc23)cc1. The molecule has 0 N–H and O–H groups in total. The molecule has 0 aliphatic carbocycles. The number of fused-ring (bicyclic) bond motifs is 1. The van der Waals surface area contributed by atoms with Gasteiger partial charge < -0.3 is 0 Å². The molecular formula is C27H19F5. The van der Waals surface area contributed by atoms with Crippen molar-refractivity contribution in [2.75, 3.05) is 0 Å².